The van der Waals surface area contributed by atoms with Crippen LogP contribution in [0.25, 0.3) is 0 Å². The van der Waals surface area contributed by atoms with Crippen LogP contribution in [0.2, 0.25) is 0 Å². The number of hydrogen-bond acceptors (Lipinski definition) is 1. The van der Waals surface area contributed by atoms with Crippen LogP contribution in [0.4, 0.5) is 0 Å². The molecule has 17 heavy (non-hydrogen) atoms. The van der Waals surface area contributed by atoms with Crippen molar-refractivity contribution in [1.29, 1.82) is 0 Å². The summed E-state index contributed by atoms with van der Waals surface area (Å²) in [5.41, 5.74) is 0. The van der Waals surface area contributed by atoms with Crippen LogP contribution < -0.4 is 5.32 Å². The van der Waals surface area contributed by atoms with E-state index in [4.69, 9.17) is 0 Å². The number of hydrogen-bond donors (Lipinski definition) is 1. The Balaban J connectivity index is 2.27. The van der Waals surface area contributed by atoms with Crippen molar-refractivity contribution in [2.75, 3.05) is 13.1 Å². The molecule has 1 aliphatic rings. The molecule has 2 atom stereocenters. The maximum atomic E-state index is 3.58. The van der Waals surface area contributed by atoms with Crippen molar-refractivity contribution in [2.45, 2.75) is 78.1 Å². The highest BCUT2D eigenvalue weighted by Gasteiger charge is 2.22. The lowest BCUT2D eigenvalue weighted by atomic mass is 9.84. The van der Waals surface area contributed by atoms with Gasteiger partial charge in [0.25, 0.3) is 0 Å². The number of unbranched alkanes of at least 4 members (excludes halogenated alkanes) is 3. The SMILES string of the molecule is CCCCCCC1CCCCCC1CNCC. The normalized spacial score (nSPS) is 25.8. The smallest absolute Gasteiger partial charge is 0.00180 e. The molecule has 1 heteroatoms. The Morgan fingerprint density at radius 2 is 1.65 bits per heavy atom. The molecular weight excluding hydrogens is 206 g/mol. The second-order valence-electron chi connectivity index (χ2n) is 5.82. The van der Waals surface area contributed by atoms with Crippen LogP contribution in [0.1, 0.15) is 78.1 Å². The van der Waals surface area contributed by atoms with Crippen LogP contribution in [-0.4, -0.2) is 13.1 Å². The lowest BCUT2D eigenvalue weighted by Gasteiger charge is -2.25. The van der Waals surface area contributed by atoms with E-state index in [1.54, 1.807) is 0 Å². The summed E-state index contributed by atoms with van der Waals surface area (Å²) in [5, 5.41) is 3.58. The summed E-state index contributed by atoms with van der Waals surface area (Å²) in [4.78, 5) is 0. The minimum Gasteiger partial charge on any atom is -0.317 e. The van der Waals surface area contributed by atoms with Gasteiger partial charge in [0.2, 0.25) is 0 Å². The van der Waals surface area contributed by atoms with Gasteiger partial charge in [-0.3, -0.25) is 0 Å². The first-order chi connectivity index (χ1) is 8.38. The maximum absolute atomic E-state index is 3.58. The Hall–Kier alpha value is -0.0400. The molecule has 1 N–H and O–H groups in total. The second-order valence-corrected chi connectivity index (χ2v) is 5.82. The highest BCUT2D eigenvalue weighted by molar-refractivity contribution is 4.75. The Kier molecular flexibility index (Phi) is 8.78. The molecule has 0 amide bonds. The van der Waals surface area contributed by atoms with Gasteiger partial charge in [-0.1, -0.05) is 71.6 Å². The molecule has 1 fully saturated rings. The molecule has 0 radical (unpaired) electrons. The van der Waals surface area contributed by atoms with Gasteiger partial charge in [-0.2, -0.15) is 0 Å². The summed E-state index contributed by atoms with van der Waals surface area (Å²) in [5.74, 6) is 1.99. The first-order valence-electron chi connectivity index (χ1n) is 8.09. The van der Waals surface area contributed by atoms with Crippen LogP contribution in [0.15, 0.2) is 0 Å². The summed E-state index contributed by atoms with van der Waals surface area (Å²) in [7, 11) is 0. The Morgan fingerprint density at radius 1 is 0.882 bits per heavy atom. The largest absolute Gasteiger partial charge is 0.317 e. The van der Waals surface area contributed by atoms with Gasteiger partial charge in [0.15, 0.2) is 0 Å². The minimum atomic E-state index is 0.971. The average molecular weight is 239 g/mol. The zero-order valence-electron chi connectivity index (χ0n) is 12.1. The monoisotopic (exact) mass is 239 g/mol. The van der Waals surface area contributed by atoms with E-state index in [0.717, 1.165) is 18.4 Å². The standard InChI is InChI=1S/C16H33N/c1-3-5-6-8-11-15-12-9-7-10-13-16(15)14-17-4-2/h15-17H,3-14H2,1-2H3. The molecule has 1 saturated carbocycles. The van der Waals surface area contributed by atoms with Crippen molar-refractivity contribution in [2.24, 2.45) is 11.8 Å². The van der Waals surface area contributed by atoms with E-state index in [1.165, 1.54) is 70.8 Å². The highest BCUT2D eigenvalue weighted by atomic mass is 14.8. The molecule has 0 bridgehead atoms. The van der Waals surface area contributed by atoms with Gasteiger partial charge in [0.05, 0.1) is 0 Å². The predicted molar refractivity (Wildman–Crippen MR) is 77.4 cm³/mol. The summed E-state index contributed by atoms with van der Waals surface area (Å²) in [6.45, 7) is 6.95. The molecule has 0 aromatic carbocycles. The van der Waals surface area contributed by atoms with Crippen molar-refractivity contribution in [3.05, 3.63) is 0 Å². The molecular formula is C16H33N. The molecule has 0 aliphatic heterocycles. The van der Waals surface area contributed by atoms with Crippen LogP contribution in [0.5, 0.6) is 0 Å². The van der Waals surface area contributed by atoms with Gasteiger partial charge in [-0.05, 0) is 31.3 Å². The topological polar surface area (TPSA) is 12.0 Å². The van der Waals surface area contributed by atoms with Crippen LogP contribution >= 0.6 is 0 Å². The lowest BCUT2D eigenvalue weighted by Crippen LogP contribution is -2.27. The molecule has 2 unspecified atom stereocenters. The molecule has 0 aromatic rings. The van der Waals surface area contributed by atoms with Crippen molar-refractivity contribution < 1.29 is 0 Å². The van der Waals surface area contributed by atoms with Crippen molar-refractivity contribution >= 4 is 0 Å². The molecule has 0 aromatic heterocycles. The van der Waals surface area contributed by atoms with Crippen LogP contribution in [0, 0.1) is 11.8 Å². The van der Waals surface area contributed by atoms with Crippen molar-refractivity contribution in [3.63, 3.8) is 0 Å². The van der Waals surface area contributed by atoms with Gasteiger partial charge in [0, 0.05) is 0 Å². The fourth-order valence-electron chi connectivity index (χ4n) is 3.27. The molecule has 0 spiro atoms. The van der Waals surface area contributed by atoms with Crippen LogP contribution in [0.3, 0.4) is 0 Å². The second kappa shape index (κ2) is 9.94. The zero-order valence-corrected chi connectivity index (χ0v) is 12.1. The minimum absolute atomic E-state index is 0.971. The summed E-state index contributed by atoms with van der Waals surface area (Å²) in [6, 6.07) is 0. The van der Waals surface area contributed by atoms with E-state index in [1.807, 2.05) is 0 Å². The number of rotatable bonds is 8. The zero-order chi connectivity index (χ0) is 12.3. The third-order valence-electron chi connectivity index (χ3n) is 4.40. The molecule has 1 nitrogen and oxygen atoms in total. The van der Waals surface area contributed by atoms with Gasteiger partial charge < -0.3 is 5.32 Å². The number of nitrogens with one attached hydrogen (secondary N) is 1. The van der Waals surface area contributed by atoms with E-state index in [0.29, 0.717) is 0 Å². The predicted octanol–water partition coefficient (Wildman–Crippen LogP) is 4.76. The maximum Gasteiger partial charge on any atom is -0.00180 e. The molecule has 102 valence electrons. The molecule has 1 aliphatic carbocycles. The Morgan fingerprint density at radius 3 is 2.35 bits per heavy atom. The van der Waals surface area contributed by atoms with E-state index in [-0.39, 0.29) is 0 Å². The van der Waals surface area contributed by atoms with Crippen molar-refractivity contribution in [3.8, 4) is 0 Å². The highest BCUT2D eigenvalue weighted by Crippen LogP contribution is 2.32. The summed E-state index contributed by atoms with van der Waals surface area (Å²) in [6.07, 6.45) is 14.7. The Labute approximate surface area is 109 Å². The van der Waals surface area contributed by atoms with Crippen molar-refractivity contribution in [1.82, 2.24) is 5.32 Å². The van der Waals surface area contributed by atoms with E-state index in [9.17, 15) is 0 Å². The first kappa shape index (κ1) is 15.0. The summed E-state index contributed by atoms with van der Waals surface area (Å²) >= 11 is 0. The fraction of sp³-hybridized carbons (Fsp3) is 1.00. The molecule has 0 saturated heterocycles. The fourth-order valence-corrected chi connectivity index (χ4v) is 3.27. The van der Waals surface area contributed by atoms with Crippen LogP contribution in [-0.2, 0) is 0 Å². The van der Waals surface area contributed by atoms with Gasteiger partial charge in [0.1, 0.15) is 0 Å². The Bertz CT molecular complexity index is 167. The average Bonchev–Trinajstić information content (AvgIpc) is 2.57. The quantitative estimate of drug-likeness (QED) is 0.475. The van der Waals surface area contributed by atoms with Gasteiger partial charge in [-0.15, -0.1) is 0 Å². The third-order valence-corrected chi connectivity index (χ3v) is 4.40. The van der Waals surface area contributed by atoms with E-state index >= 15 is 0 Å². The van der Waals surface area contributed by atoms with E-state index in [2.05, 4.69) is 19.2 Å². The lowest BCUT2D eigenvalue weighted by molar-refractivity contribution is 0.277. The van der Waals surface area contributed by atoms with E-state index < -0.39 is 0 Å². The molecule has 0 heterocycles. The van der Waals surface area contributed by atoms with Gasteiger partial charge in [-0.25, -0.2) is 0 Å². The molecule has 1 rings (SSSR count). The first-order valence-corrected chi connectivity index (χ1v) is 8.09. The summed E-state index contributed by atoms with van der Waals surface area (Å²) < 4.78 is 0. The third kappa shape index (κ3) is 6.45. The van der Waals surface area contributed by atoms with Gasteiger partial charge >= 0.3 is 0 Å².